The van der Waals surface area contributed by atoms with Crippen LogP contribution in [0.25, 0.3) is 0 Å². The first-order chi connectivity index (χ1) is 13.5. The Labute approximate surface area is 171 Å². The van der Waals surface area contributed by atoms with Crippen LogP contribution in [0, 0.1) is 5.41 Å². The Hall–Kier alpha value is -2.29. The predicted octanol–water partition coefficient (Wildman–Crippen LogP) is 6.96. The maximum atomic E-state index is 10.2. The third-order valence-electron chi connectivity index (χ3n) is 6.28. The largest absolute Gasteiger partial charge is 0.326 e. The number of hydrogen-bond donors (Lipinski definition) is 1. The van der Waals surface area contributed by atoms with Gasteiger partial charge in [-0.25, -0.2) is 0 Å². The molecule has 28 heavy (non-hydrogen) atoms. The maximum absolute atomic E-state index is 10.2. The molecule has 2 heteroatoms. The van der Waals surface area contributed by atoms with Gasteiger partial charge in [0.05, 0.1) is 5.41 Å². The summed E-state index contributed by atoms with van der Waals surface area (Å²) in [5.74, 6) is 0.277. The van der Waals surface area contributed by atoms with Crippen LogP contribution in [0.5, 0.6) is 0 Å². The van der Waals surface area contributed by atoms with Crippen LogP contribution >= 0.6 is 12.0 Å². The van der Waals surface area contributed by atoms with Crippen LogP contribution < -0.4 is 0 Å². The van der Waals surface area contributed by atoms with E-state index in [2.05, 4.69) is 99.6 Å². The SMILES string of the molecule is CC(C)(C)/C(=C/C12c3ccccc3C(c3ccccc31)c1ccccc12)SO. The highest BCUT2D eigenvalue weighted by atomic mass is 32.2. The van der Waals surface area contributed by atoms with Crippen molar-refractivity contribution >= 4 is 12.0 Å². The third-order valence-corrected chi connectivity index (χ3v) is 7.20. The van der Waals surface area contributed by atoms with Gasteiger partial charge in [-0.2, -0.15) is 0 Å². The van der Waals surface area contributed by atoms with Gasteiger partial charge in [0.2, 0.25) is 0 Å². The lowest BCUT2D eigenvalue weighted by Crippen LogP contribution is -2.41. The molecule has 0 heterocycles. The van der Waals surface area contributed by atoms with Crippen molar-refractivity contribution in [3.8, 4) is 0 Å². The van der Waals surface area contributed by atoms with E-state index in [1.807, 2.05) is 0 Å². The second-order valence-corrected chi connectivity index (χ2v) is 9.48. The summed E-state index contributed by atoms with van der Waals surface area (Å²) in [6.45, 7) is 6.49. The molecule has 0 spiro atoms. The molecular formula is C26H24OS. The van der Waals surface area contributed by atoms with Gasteiger partial charge in [-0.15, -0.1) is 0 Å². The van der Waals surface area contributed by atoms with Crippen molar-refractivity contribution in [3.63, 3.8) is 0 Å². The van der Waals surface area contributed by atoms with Crippen molar-refractivity contribution in [2.45, 2.75) is 32.1 Å². The van der Waals surface area contributed by atoms with Crippen molar-refractivity contribution in [1.29, 1.82) is 0 Å². The number of rotatable bonds is 2. The van der Waals surface area contributed by atoms with E-state index in [1.165, 1.54) is 33.4 Å². The van der Waals surface area contributed by atoms with Gasteiger partial charge in [0, 0.05) is 22.9 Å². The van der Waals surface area contributed by atoms with Crippen LogP contribution in [0.2, 0.25) is 0 Å². The highest BCUT2D eigenvalue weighted by Gasteiger charge is 2.50. The van der Waals surface area contributed by atoms with Gasteiger partial charge in [0.25, 0.3) is 0 Å². The van der Waals surface area contributed by atoms with Gasteiger partial charge in [-0.1, -0.05) is 99.6 Å². The molecule has 0 saturated heterocycles. The zero-order chi connectivity index (χ0) is 19.5. The van der Waals surface area contributed by atoms with Crippen molar-refractivity contribution in [1.82, 2.24) is 0 Å². The molecule has 6 rings (SSSR count). The minimum absolute atomic E-state index is 0.138. The highest BCUT2D eigenvalue weighted by molar-refractivity contribution is 7.97. The first-order valence-corrected chi connectivity index (χ1v) is 10.6. The maximum Gasteiger partial charge on any atom is 0.0652 e. The molecular weight excluding hydrogens is 360 g/mol. The fourth-order valence-corrected chi connectivity index (χ4v) is 5.57. The summed E-state index contributed by atoms with van der Waals surface area (Å²) in [5.41, 5.74) is 7.65. The highest BCUT2D eigenvalue weighted by Crippen LogP contribution is 2.60. The molecule has 0 aromatic heterocycles. The van der Waals surface area contributed by atoms with E-state index < -0.39 is 0 Å². The fourth-order valence-electron chi connectivity index (χ4n) is 5.07. The van der Waals surface area contributed by atoms with Crippen LogP contribution in [0.15, 0.2) is 83.8 Å². The van der Waals surface area contributed by atoms with E-state index in [4.69, 9.17) is 0 Å². The average molecular weight is 385 g/mol. The summed E-state index contributed by atoms with van der Waals surface area (Å²) in [6, 6.07) is 26.5. The third kappa shape index (κ3) is 2.25. The molecule has 1 nitrogen and oxygen atoms in total. The molecule has 0 fully saturated rings. The topological polar surface area (TPSA) is 20.2 Å². The van der Waals surface area contributed by atoms with Gasteiger partial charge in [0.15, 0.2) is 0 Å². The smallest absolute Gasteiger partial charge is 0.0652 e. The molecule has 2 bridgehead atoms. The van der Waals surface area contributed by atoms with Crippen LogP contribution in [-0.4, -0.2) is 4.55 Å². The summed E-state index contributed by atoms with van der Waals surface area (Å²) in [4.78, 5) is 0.993. The molecule has 0 amide bonds. The van der Waals surface area contributed by atoms with E-state index in [0.717, 1.165) is 16.9 Å². The van der Waals surface area contributed by atoms with Crippen molar-refractivity contribution in [2.75, 3.05) is 0 Å². The van der Waals surface area contributed by atoms with Crippen molar-refractivity contribution < 1.29 is 4.55 Å². The van der Waals surface area contributed by atoms with E-state index in [1.54, 1.807) is 0 Å². The van der Waals surface area contributed by atoms with Gasteiger partial charge >= 0.3 is 0 Å². The number of benzene rings is 3. The van der Waals surface area contributed by atoms with Gasteiger partial charge in [-0.05, 0) is 38.8 Å². The molecule has 3 aliphatic rings. The quantitative estimate of drug-likeness (QED) is 0.482. The molecule has 1 N–H and O–H groups in total. The van der Waals surface area contributed by atoms with Crippen molar-refractivity contribution in [3.05, 3.63) is 117 Å². The zero-order valence-electron chi connectivity index (χ0n) is 16.4. The minimum Gasteiger partial charge on any atom is -0.326 e. The van der Waals surface area contributed by atoms with E-state index in [0.29, 0.717) is 0 Å². The Balaban J connectivity index is 1.96. The molecule has 0 saturated carbocycles. The lowest BCUT2D eigenvalue weighted by molar-refractivity contribution is 0.515. The van der Waals surface area contributed by atoms with Crippen LogP contribution in [0.3, 0.4) is 0 Å². The molecule has 3 aliphatic carbocycles. The van der Waals surface area contributed by atoms with Crippen LogP contribution in [0.4, 0.5) is 0 Å². The standard InChI is InChI=1S/C26H24OS/c1-25(2,3)23(28-27)16-26-20-13-7-4-10-17(20)24(18-11-5-8-14-21(18)26)19-12-6-9-15-22(19)26/h4-16,24,27H,1-3H3/b23-16-. The Morgan fingerprint density at radius 1 is 0.786 bits per heavy atom. The minimum atomic E-state index is -0.378. The van der Waals surface area contributed by atoms with Gasteiger partial charge < -0.3 is 4.55 Å². The van der Waals surface area contributed by atoms with Crippen LogP contribution in [0.1, 0.15) is 60.1 Å². The first kappa shape index (κ1) is 17.8. The summed E-state index contributed by atoms with van der Waals surface area (Å²) >= 11 is 0.887. The summed E-state index contributed by atoms with van der Waals surface area (Å²) in [7, 11) is 0. The fraction of sp³-hybridized carbons (Fsp3) is 0.231. The molecule has 3 aromatic carbocycles. The Morgan fingerprint density at radius 3 is 1.54 bits per heavy atom. The summed E-state index contributed by atoms with van der Waals surface area (Å²) < 4.78 is 10.2. The Kier molecular flexibility index (Phi) is 3.88. The Bertz CT molecular complexity index is 987. The molecule has 0 aliphatic heterocycles. The lowest BCUT2D eigenvalue weighted by Gasteiger charge is -2.50. The lowest BCUT2D eigenvalue weighted by atomic mass is 9.52. The normalized spacial score (nSPS) is 22.4. The number of allylic oxidation sites excluding steroid dienone is 2. The average Bonchev–Trinajstić information content (AvgIpc) is 2.71. The first-order valence-electron chi connectivity index (χ1n) is 9.81. The van der Waals surface area contributed by atoms with E-state index in [-0.39, 0.29) is 16.7 Å². The molecule has 3 aromatic rings. The summed E-state index contributed by atoms with van der Waals surface area (Å²) in [6.07, 6.45) is 2.32. The van der Waals surface area contributed by atoms with Gasteiger partial charge in [-0.3, -0.25) is 0 Å². The number of hydrogen-bond acceptors (Lipinski definition) is 2. The zero-order valence-corrected chi connectivity index (χ0v) is 17.3. The predicted molar refractivity (Wildman–Crippen MR) is 118 cm³/mol. The van der Waals surface area contributed by atoms with Crippen molar-refractivity contribution in [2.24, 2.45) is 5.41 Å². The Morgan fingerprint density at radius 2 is 1.18 bits per heavy atom. The van der Waals surface area contributed by atoms with E-state index in [9.17, 15) is 4.55 Å². The molecule has 0 unspecified atom stereocenters. The van der Waals surface area contributed by atoms with Gasteiger partial charge in [0.1, 0.15) is 0 Å². The summed E-state index contributed by atoms with van der Waals surface area (Å²) in [5, 5.41) is 0. The molecule has 140 valence electrons. The molecule has 0 atom stereocenters. The van der Waals surface area contributed by atoms with E-state index >= 15 is 0 Å². The van der Waals surface area contributed by atoms with Crippen LogP contribution in [-0.2, 0) is 5.41 Å². The molecule has 0 radical (unpaired) electrons. The second-order valence-electron chi connectivity index (χ2n) is 8.85. The monoisotopic (exact) mass is 384 g/mol. The second kappa shape index (κ2) is 6.10.